The van der Waals surface area contributed by atoms with Crippen molar-refractivity contribution in [2.24, 2.45) is 5.73 Å². The van der Waals surface area contributed by atoms with Gasteiger partial charge in [0.25, 0.3) is 0 Å². The van der Waals surface area contributed by atoms with E-state index in [1.165, 1.54) is 0 Å². The van der Waals surface area contributed by atoms with Crippen LogP contribution in [0.2, 0.25) is 5.02 Å². The summed E-state index contributed by atoms with van der Waals surface area (Å²) >= 11 is 6.10. The van der Waals surface area contributed by atoms with Crippen LogP contribution in [-0.2, 0) is 6.54 Å². The zero-order valence-electron chi connectivity index (χ0n) is 22.6. The Morgan fingerprint density at radius 1 is 0.950 bits per heavy atom. The van der Waals surface area contributed by atoms with Gasteiger partial charge in [0.2, 0.25) is 0 Å². The van der Waals surface area contributed by atoms with Gasteiger partial charge >= 0.3 is 0 Å². The maximum atomic E-state index is 6.37. The number of likely N-dealkylation sites (N-methyl/N-ethyl adjacent to an activating group) is 1. The number of benzene rings is 2. The third-order valence-corrected chi connectivity index (χ3v) is 6.81. The number of nitrogen functional groups attached to an aromatic ring is 1. The summed E-state index contributed by atoms with van der Waals surface area (Å²) in [6.45, 7) is 1.72. The maximum Gasteiger partial charge on any atom is 0.162 e. The minimum absolute atomic E-state index is 0.201. The number of hydrogen-bond donors (Lipinski definition) is 2. The second-order valence-corrected chi connectivity index (χ2v) is 10.1. The highest BCUT2D eigenvalue weighted by Gasteiger charge is 2.15. The van der Waals surface area contributed by atoms with E-state index < -0.39 is 0 Å². The van der Waals surface area contributed by atoms with Crippen LogP contribution in [0.1, 0.15) is 5.56 Å². The molecule has 0 spiro atoms. The number of pyridine rings is 3. The molecule has 0 saturated carbocycles. The molecule has 0 aliphatic rings. The molecule has 1 atom stereocenters. The van der Waals surface area contributed by atoms with E-state index in [9.17, 15) is 0 Å². The van der Waals surface area contributed by atoms with Crippen LogP contribution in [0.3, 0.4) is 0 Å². The Morgan fingerprint density at radius 3 is 2.52 bits per heavy atom. The number of aromatic nitrogens is 3. The molecule has 0 bridgehead atoms. The zero-order chi connectivity index (χ0) is 28.2. The zero-order valence-corrected chi connectivity index (χ0v) is 23.4. The van der Waals surface area contributed by atoms with Gasteiger partial charge in [-0.3, -0.25) is 9.97 Å². The predicted molar refractivity (Wildman–Crippen MR) is 159 cm³/mol. The van der Waals surface area contributed by atoms with E-state index in [0.717, 1.165) is 44.4 Å². The van der Waals surface area contributed by atoms with E-state index in [2.05, 4.69) is 19.9 Å². The van der Waals surface area contributed by atoms with Crippen LogP contribution in [0.5, 0.6) is 17.2 Å². The average Bonchev–Trinajstić information content (AvgIpc) is 2.95. The Kier molecular flexibility index (Phi) is 8.16. The van der Waals surface area contributed by atoms with Crippen molar-refractivity contribution in [3.8, 4) is 28.5 Å². The lowest BCUT2D eigenvalue weighted by molar-refractivity contribution is 0.233. The minimum atomic E-state index is -0.201. The van der Waals surface area contributed by atoms with Crippen molar-refractivity contribution in [2.45, 2.75) is 12.6 Å². The first-order valence-electron chi connectivity index (χ1n) is 12.7. The molecule has 206 valence electrons. The van der Waals surface area contributed by atoms with Crippen molar-refractivity contribution in [3.63, 3.8) is 0 Å². The van der Waals surface area contributed by atoms with E-state index in [1.54, 1.807) is 32.8 Å². The molecule has 9 nitrogen and oxygen atoms in total. The molecule has 0 fully saturated rings. The molecule has 4 N–H and O–H groups in total. The van der Waals surface area contributed by atoms with Gasteiger partial charge in [0, 0.05) is 52.9 Å². The van der Waals surface area contributed by atoms with Gasteiger partial charge in [-0.2, -0.15) is 0 Å². The van der Waals surface area contributed by atoms with Crippen LogP contribution >= 0.6 is 11.6 Å². The summed E-state index contributed by atoms with van der Waals surface area (Å²) in [6.07, 6.45) is 5.11. The van der Waals surface area contributed by atoms with Crippen LogP contribution in [0.4, 0.5) is 5.82 Å². The summed E-state index contributed by atoms with van der Waals surface area (Å²) in [5.41, 5.74) is 16.1. The Hall–Kier alpha value is -4.18. The monoisotopic (exact) mass is 558 g/mol. The largest absolute Gasteiger partial charge is 0.493 e. The first-order chi connectivity index (χ1) is 19.3. The van der Waals surface area contributed by atoms with E-state index >= 15 is 0 Å². The molecule has 0 unspecified atom stereocenters. The second-order valence-electron chi connectivity index (χ2n) is 9.64. The number of rotatable bonds is 10. The quantitative estimate of drug-likeness (QED) is 0.230. The Bertz CT molecular complexity index is 1660. The van der Waals surface area contributed by atoms with Gasteiger partial charge in [0.15, 0.2) is 11.5 Å². The summed E-state index contributed by atoms with van der Waals surface area (Å²) < 4.78 is 17.0. The number of nitrogens with two attached hydrogens (primary N) is 2. The number of ether oxygens (including phenoxy) is 3. The van der Waals surface area contributed by atoms with Gasteiger partial charge < -0.3 is 30.6 Å². The van der Waals surface area contributed by atoms with Gasteiger partial charge in [-0.25, -0.2) is 4.98 Å². The van der Waals surface area contributed by atoms with Crippen molar-refractivity contribution in [1.29, 1.82) is 0 Å². The highest BCUT2D eigenvalue weighted by Crippen LogP contribution is 2.37. The number of halogens is 1. The number of fused-ring (bicyclic) bond motifs is 3. The fourth-order valence-corrected chi connectivity index (χ4v) is 4.92. The third kappa shape index (κ3) is 6.02. The van der Waals surface area contributed by atoms with Gasteiger partial charge in [-0.05, 0) is 48.3 Å². The van der Waals surface area contributed by atoms with Crippen molar-refractivity contribution in [1.82, 2.24) is 19.9 Å². The second kappa shape index (κ2) is 11.9. The van der Waals surface area contributed by atoms with Gasteiger partial charge in [0.05, 0.1) is 37.7 Å². The molecule has 0 saturated heterocycles. The van der Waals surface area contributed by atoms with E-state index in [-0.39, 0.29) is 6.04 Å². The van der Waals surface area contributed by atoms with Crippen molar-refractivity contribution >= 4 is 39.1 Å². The molecule has 5 rings (SSSR count). The fraction of sp³-hybridized carbons (Fsp3) is 0.233. The lowest BCUT2D eigenvalue weighted by Gasteiger charge is -2.21. The molecular weight excluding hydrogens is 528 g/mol. The van der Waals surface area contributed by atoms with Crippen LogP contribution < -0.4 is 25.7 Å². The molecule has 0 aliphatic heterocycles. The van der Waals surface area contributed by atoms with E-state index in [4.69, 9.17) is 37.3 Å². The Labute approximate surface area is 237 Å². The van der Waals surface area contributed by atoms with Crippen LogP contribution in [0, 0.1) is 0 Å². The van der Waals surface area contributed by atoms with Crippen molar-refractivity contribution < 1.29 is 14.2 Å². The lowest BCUT2D eigenvalue weighted by atomic mass is 10.0. The van der Waals surface area contributed by atoms with Gasteiger partial charge in [-0.1, -0.05) is 23.7 Å². The topological polar surface area (TPSA) is 122 Å². The first kappa shape index (κ1) is 27.4. The van der Waals surface area contributed by atoms with Crippen LogP contribution in [0.15, 0.2) is 67.1 Å². The Balaban J connectivity index is 1.34. The molecule has 3 aromatic heterocycles. The summed E-state index contributed by atoms with van der Waals surface area (Å²) in [5.74, 6) is 2.17. The molecule has 0 aliphatic carbocycles. The van der Waals surface area contributed by atoms with Crippen molar-refractivity contribution in [3.05, 3.63) is 77.7 Å². The minimum Gasteiger partial charge on any atom is -0.493 e. The number of hydrogen-bond acceptors (Lipinski definition) is 9. The van der Waals surface area contributed by atoms with Crippen LogP contribution in [-0.4, -0.2) is 60.3 Å². The molecule has 3 heterocycles. The molecule has 0 radical (unpaired) electrons. The van der Waals surface area contributed by atoms with Gasteiger partial charge in [0.1, 0.15) is 18.2 Å². The standard InChI is InChI=1S/C30H31ClN6O3/c1-37(15-18-5-4-6-20(31)7-18)16-21(32)17-40-22-8-19(12-34-13-22)26-9-23-24-10-28(38-2)29(39-3)11-27(24)35-14-25(23)30(33)36-26/h4-14,21H,15-17,32H2,1-3H3,(H2,33,36)/t21-/m0/s1. The maximum absolute atomic E-state index is 6.37. The predicted octanol–water partition coefficient (Wildman–Crippen LogP) is 4.94. The van der Waals surface area contributed by atoms with Crippen LogP contribution in [0.25, 0.3) is 32.9 Å². The molecule has 40 heavy (non-hydrogen) atoms. The Morgan fingerprint density at radius 2 is 1.75 bits per heavy atom. The molecule has 0 amide bonds. The normalized spacial score (nSPS) is 12.2. The summed E-state index contributed by atoms with van der Waals surface area (Å²) in [5, 5.41) is 3.23. The van der Waals surface area contributed by atoms with Crippen molar-refractivity contribution in [2.75, 3.05) is 40.2 Å². The highest BCUT2D eigenvalue weighted by atomic mass is 35.5. The summed E-state index contributed by atoms with van der Waals surface area (Å²) in [6, 6.07) is 15.2. The lowest BCUT2D eigenvalue weighted by Crippen LogP contribution is -2.39. The number of methoxy groups -OCH3 is 2. The third-order valence-electron chi connectivity index (χ3n) is 6.57. The molecule has 5 aromatic rings. The van der Waals surface area contributed by atoms with E-state index in [1.807, 2.05) is 55.6 Å². The number of nitrogens with zero attached hydrogens (tertiary/aromatic N) is 4. The number of anilines is 1. The SMILES string of the molecule is COc1cc2ncc3c(N)nc(-c4cncc(OC[C@@H](N)CN(C)Cc5cccc(Cl)c5)c4)cc3c2cc1OC. The van der Waals surface area contributed by atoms with Gasteiger partial charge in [-0.15, -0.1) is 0 Å². The summed E-state index contributed by atoms with van der Waals surface area (Å²) in [7, 11) is 5.21. The molecule has 2 aromatic carbocycles. The highest BCUT2D eigenvalue weighted by molar-refractivity contribution is 6.30. The van der Waals surface area contributed by atoms with E-state index in [0.29, 0.717) is 41.9 Å². The fourth-order valence-electron chi connectivity index (χ4n) is 4.71. The smallest absolute Gasteiger partial charge is 0.162 e. The molecular formula is C30H31ClN6O3. The first-order valence-corrected chi connectivity index (χ1v) is 13.1. The molecule has 10 heteroatoms. The average molecular weight is 559 g/mol. The summed E-state index contributed by atoms with van der Waals surface area (Å²) in [4.78, 5) is 15.7.